The van der Waals surface area contributed by atoms with Gasteiger partial charge in [0.15, 0.2) is 0 Å². The van der Waals surface area contributed by atoms with Gasteiger partial charge in [0.2, 0.25) is 15.9 Å². The van der Waals surface area contributed by atoms with Crippen LogP contribution in [0.1, 0.15) is 18.4 Å². The van der Waals surface area contributed by atoms with Crippen LogP contribution in [0.15, 0.2) is 24.3 Å². The van der Waals surface area contributed by atoms with Gasteiger partial charge in [0.25, 0.3) is 0 Å². The number of carbonyl (C=O) groups excluding carboxylic acids is 1. The van der Waals surface area contributed by atoms with Gasteiger partial charge in [0, 0.05) is 31.7 Å². The second kappa shape index (κ2) is 5.80. The van der Waals surface area contributed by atoms with Crippen molar-refractivity contribution in [2.24, 2.45) is 0 Å². The van der Waals surface area contributed by atoms with E-state index in [0.717, 1.165) is 0 Å². The molecule has 1 atom stereocenters. The first-order chi connectivity index (χ1) is 9.37. The number of likely N-dealkylation sites (N-methyl/N-ethyl adjacent to an activating group) is 1. The van der Waals surface area contributed by atoms with Crippen molar-refractivity contribution in [2.75, 3.05) is 19.3 Å². The van der Waals surface area contributed by atoms with Crippen LogP contribution in [0.3, 0.4) is 0 Å². The highest BCUT2D eigenvalue weighted by Gasteiger charge is 2.26. The number of piperidine rings is 1. The number of carbonyl (C=O) groups is 1. The molecule has 0 aromatic heterocycles. The van der Waals surface area contributed by atoms with Gasteiger partial charge in [-0.05, 0) is 18.1 Å². The minimum atomic E-state index is -3.47. The van der Waals surface area contributed by atoms with E-state index in [2.05, 4.69) is 4.72 Å². The molecule has 20 heavy (non-hydrogen) atoms. The number of rotatable bonds is 4. The summed E-state index contributed by atoms with van der Waals surface area (Å²) < 4.78 is 26.9. The van der Waals surface area contributed by atoms with Crippen LogP contribution in [-0.4, -0.2) is 38.9 Å². The number of nitrogens with one attached hydrogen (secondary N) is 1. The summed E-state index contributed by atoms with van der Waals surface area (Å²) in [6.07, 6.45) is 0.907. The van der Waals surface area contributed by atoms with Gasteiger partial charge >= 0.3 is 0 Å². The van der Waals surface area contributed by atoms with Gasteiger partial charge in [-0.1, -0.05) is 18.2 Å². The maximum atomic E-state index is 12.1. The Bertz CT molecular complexity index is 601. The topological polar surface area (TPSA) is 92.5 Å². The molecule has 0 saturated carbocycles. The first kappa shape index (κ1) is 14.8. The first-order valence-corrected chi connectivity index (χ1v) is 8.10. The molecule has 1 saturated heterocycles. The molecule has 6 nitrogen and oxygen atoms in total. The number of sulfonamides is 1. The lowest BCUT2D eigenvalue weighted by Crippen LogP contribution is -2.48. The van der Waals surface area contributed by atoms with E-state index in [1.165, 1.54) is 0 Å². The average molecular weight is 297 g/mol. The molecule has 0 bridgehead atoms. The maximum absolute atomic E-state index is 12.1. The molecule has 7 heteroatoms. The molecule has 1 amide bonds. The molecule has 1 aliphatic rings. The van der Waals surface area contributed by atoms with Crippen molar-refractivity contribution < 1.29 is 13.2 Å². The Hall–Kier alpha value is -1.60. The normalized spacial score (nSPS) is 20.1. The summed E-state index contributed by atoms with van der Waals surface area (Å²) in [7, 11) is -1.79. The zero-order chi connectivity index (χ0) is 14.8. The highest BCUT2D eigenvalue weighted by Crippen LogP contribution is 2.16. The SMILES string of the molecule is CN1CC(NS(=O)(=O)Cc2ccccc2N)CCC1=O. The summed E-state index contributed by atoms with van der Waals surface area (Å²) in [5.74, 6) is -0.0962. The lowest BCUT2D eigenvalue weighted by molar-refractivity contribution is -0.132. The Morgan fingerprint density at radius 3 is 2.75 bits per heavy atom. The average Bonchev–Trinajstić information content (AvgIpc) is 2.36. The van der Waals surface area contributed by atoms with E-state index in [9.17, 15) is 13.2 Å². The number of hydrogen-bond donors (Lipinski definition) is 2. The molecule has 1 aromatic rings. The summed E-state index contributed by atoms with van der Waals surface area (Å²) in [5, 5.41) is 0. The Labute approximate surface area is 119 Å². The van der Waals surface area contributed by atoms with E-state index >= 15 is 0 Å². The number of para-hydroxylation sites is 1. The molecule has 110 valence electrons. The molecule has 1 unspecified atom stereocenters. The van der Waals surface area contributed by atoms with Crippen LogP contribution in [0.2, 0.25) is 0 Å². The van der Waals surface area contributed by atoms with Gasteiger partial charge in [-0.2, -0.15) is 0 Å². The minimum Gasteiger partial charge on any atom is -0.398 e. The number of nitrogen functional groups attached to an aromatic ring is 1. The summed E-state index contributed by atoms with van der Waals surface area (Å²) in [5.41, 5.74) is 6.81. The standard InChI is InChI=1S/C13H19N3O3S/c1-16-8-11(6-7-13(16)17)15-20(18,19)9-10-4-2-3-5-12(10)14/h2-5,11,15H,6-9,14H2,1H3. The predicted octanol–water partition coefficient (Wildman–Crippen LogP) is 0.309. The van der Waals surface area contributed by atoms with E-state index in [0.29, 0.717) is 30.6 Å². The Morgan fingerprint density at radius 2 is 2.10 bits per heavy atom. The largest absolute Gasteiger partial charge is 0.398 e. The van der Waals surface area contributed by atoms with Gasteiger partial charge in [0.1, 0.15) is 0 Å². The number of likely N-dealkylation sites (tertiary alicyclic amines) is 1. The number of nitrogens with zero attached hydrogens (tertiary/aromatic N) is 1. The summed E-state index contributed by atoms with van der Waals surface area (Å²) in [6, 6.07) is 6.67. The van der Waals surface area contributed by atoms with E-state index in [4.69, 9.17) is 5.73 Å². The van der Waals surface area contributed by atoms with Crippen molar-refractivity contribution in [3.63, 3.8) is 0 Å². The lowest BCUT2D eigenvalue weighted by Gasteiger charge is -2.30. The Kier molecular flexibility index (Phi) is 4.29. The number of nitrogens with two attached hydrogens (primary N) is 1. The fourth-order valence-electron chi connectivity index (χ4n) is 2.27. The van der Waals surface area contributed by atoms with E-state index in [1.807, 2.05) is 0 Å². The second-order valence-corrected chi connectivity index (χ2v) is 6.84. The van der Waals surface area contributed by atoms with Gasteiger partial charge in [-0.25, -0.2) is 13.1 Å². The number of hydrogen-bond acceptors (Lipinski definition) is 4. The molecule has 0 spiro atoms. The molecule has 0 radical (unpaired) electrons. The van der Waals surface area contributed by atoms with E-state index < -0.39 is 10.0 Å². The van der Waals surface area contributed by atoms with Crippen molar-refractivity contribution in [3.8, 4) is 0 Å². The number of benzene rings is 1. The zero-order valence-electron chi connectivity index (χ0n) is 11.4. The van der Waals surface area contributed by atoms with Crippen molar-refractivity contribution in [1.82, 2.24) is 9.62 Å². The highest BCUT2D eigenvalue weighted by atomic mass is 32.2. The molecule has 0 aliphatic carbocycles. The minimum absolute atomic E-state index is 0.0488. The quantitative estimate of drug-likeness (QED) is 0.782. The highest BCUT2D eigenvalue weighted by molar-refractivity contribution is 7.88. The molecular weight excluding hydrogens is 278 g/mol. The van der Waals surface area contributed by atoms with Crippen LogP contribution >= 0.6 is 0 Å². The maximum Gasteiger partial charge on any atom is 0.222 e. The van der Waals surface area contributed by atoms with Crippen LogP contribution in [0.5, 0.6) is 0 Å². The summed E-state index contributed by atoms with van der Waals surface area (Å²) in [6.45, 7) is 0.405. The van der Waals surface area contributed by atoms with Crippen molar-refractivity contribution in [1.29, 1.82) is 0 Å². The van der Waals surface area contributed by atoms with E-state index in [1.54, 1.807) is 36.2 Å². The lowest BCUT2D eigenvalue weighted by atomic mass is 10.1. The van der Waals surface area contributed by atoms with Crippen LogP contribution in [0.25, 0.3) is 0 Å². The number of amides is 1. The Morgan fingerprint density at radius 1 is 1.40 bits per heavy atom. The molecule has 1 heterocycles. The number of anilines is 1. The van der Waals surface area contributed by atoms with Crippen LogP contribution in [0.4, 0.5) is 5.69 Å². The van der Waals surface area contributed by atoms with Crippen molar-refractivity contribution >= 4 is 21.6 Å². The molecular formula is C13H19N3O3S. The third-order valence-electron chi connectivity index (χ3n) is 3.37. The van der Waals surface area contributed by atoms with Crippen LogP contribution in [0, 0.1) is 0 Å². The second-order valence-electron chi connectivity index (χ2n) is 5.09. The van der Waals surface area contributed by atoms with Crippen LogP contribution in [-0.2, 0) is 20.6 Å². The third kappa shape index (κ3) is 3.71. The van der Waals surface area contributed by atoms with Gasteiger partial charge < -0.3 is 10.6 Å². The fourth-order valence-corrected chi connectivity index (χ4v) is 3.73. The fraction of sp³-hybridized carbons (Fsp3) is 0.462. The zero-order valence-corrected chi connectivity index (χ0v) is 12.2. The molecule has 1 aliphatic heterocycles. The predicted molar refractivity (Wildman–Crippen MR) is 77.3 cm³/mol. The molecule has 1 aromatic carbocycles. The van der Waals surface area contributed by atoms with Crippen molar-refractivity contribution in [2.45, 2.75) is 24.6 Å². The van der Waals surface area contributed by atoms with Crippen LogP contribution < -0.4 is 10.5 Å². The van der Waals surface area contributed by atoms with Gasteiger partial charge in [0.05, 0.1) is 5.75 Å². The summed E-state index contributed by atoms with van der Waals surface area (Å²) in [4.78, 5) is 12.9. The third-order valence-corrected chi connectivity index (χ3v) is 4.76. The summed E-state index contributed by atoms with van der Waals surface area (Å²) >= 11 is 0. The molecule has 3 N–H and O–H groups in total. The molecule has 2 rings (SSSR count). The molecule has 1 fully saturated rings. The van der Waals surface area contributed by atoms with Gasteiger partial charge in [-0.15, -0.1) is 0 Å². The van der Waals surface area contributed by atoms with Crippen molar-refractivity contribution in [3.05, 3.63) is 29.8 Å². The van der Waals surface area contributed by atoms with Gasteiger partial charge in [-0.3, -0.25) is 4.79 Å². The monoisotopic (exact) mass is 297 g/mol. The Balaban J connectivity index is 2.01. The first-order valence-electron chi connectivity index (χ1n) is 6.45. The van der Waals surface area contributed by atoms with E-state index in [-0.39, 0.29) is 17.7 Å². The smallest absolute Gasteiger partial charge is 0.222 e.